The maximum absolute atomic E-state index is 2.53. The average Bonchev–Trinajstić information content (AvgIpc) is 3.85. The Labute approximate surface area is 357 Å². The molecule has 0 amide bonds. The normalized spacial score (nSPS) is 12.0. The van der Waals surface area contributed by atoms with Crippen LogP contribution in [0.25, 0.3) is 72.7 Å². The summed E-state index contributed by atoms with van der Waals surface area (Å²) in [5.74, 6) is 0. The van der Waals surface area contributed by atoms with Crippen LogP contribution in [0.5, 0.6) is 0 Å². The average molecular weight is 805 g/mol. The van der Waals surface area contributed by atoms with Crippen molar-refractivity contribution in [2.24, 2.45) is 0 Å². The van der Waals surface area contributed by atoms with Crippen LogP contribution in [-0.4, -0.2) is 0 Å². The first-order valence-corrected chi connectivity index (χ1v) is 22.3. The van der Waals surface area contributed by atoms with Crippen molar-refractivity contribution < 1.29 is 0 Å². The maximum Gasteiger partial charge on any atom is 0.0669 e. The highest BCUT2D eigenvalue weighted by Crippen LogP contribution is 2.52. The molecule has 0 spiro atoms. The van der Waals surface area contributed by atoms with Gasteiger partial charge >= 0.3 is 0 Å². The van der Waals surface area contributed by atoms with Crippen LogP contribution in [-0.2, 0) is 0 Å². The molecule has 286 valence electrons. The maximum atomic E-state index is 2.53. The fourth-order valence-electron chi connectivity index (χ4n) is 9.63. The molecule has 0 fully saturated rings. The van der Waals surface area contributed by atoms with Gasteiger partial charge in [-0.1, -0.05) is 132 Å². The third-order valence-electron chi connectivity index (χ3n) is 12.6. The summed E-state index contributed by atoms with van der Waals surface area (Å²) in [6.07, 6.45) is 0. The molecule has 0 N–H and O–H groups in total. The van der Waals surface area contributed by atoms with Crippen molar-refractivity contribution in [3.05, 3.63) is 192 Å². The molecular formula is C56H40N2S2. The minimum atomic E-state index is 1.15. The van der Waals surface area contributed by atoms with Crippen molar-refractivity contribution >= 4 is 129 Å². The fraction of sp³-hybridized carbons (Fsp3) is 0.0714. The van der Waals surface area contributed by atoms with E-state index in [0.717, 1.165) is 11.4 Å². The Balaban J connectivity index is 1.15. The summed E-state index contributed by atoms with van der Waals surface area (Å²) in [5.41, 5.74) is 12.2. The first-order chi connectivity index (χ1) is 29.4. The lowest BCUT2D eigenvalue weighted by Crippen LogP contribution is -2.13. The number of hydrogen-bond donors (Lipinski definition) is 0. The molecular weight excluding hydrogens is 765 g/mol. The van der Waals surface area contributed by atoms with E-state index in [1.54, 1.807) is 0 Å². The third-order valence-corrected chi connectivity index (χ3v) is 15.0. The summed E-state index contributed by atoms with van der Waals surface area (Å²) in [6.45, 7) is 8.87. The topological polar surface area (TPSA) is 6.48 Å². The number of benzene rings is 10. The summed E-state index contributed by atoms with van der Waals surface area (Å²) in [6, 6.07) is 63.8. The largest absolute Gasteiger partial charge is 0.308 e. The van der Waals surface area contributed by atoms with E-state index in [4.69, 9.17) is 0 Å². The smallest absolute Gasteiger partial charge is 0.0669 e. The van der Waals surface area contributed by atoms with Crippen LogP contribution in [0.4, 0.5) is 34.1 Å². The van der Waals surface area contributed by atoms with Crippen LogP contribution >= 0.6 is 22.7 Å². The van der Waals surface area contributed by atoms with Gasteiger partial charge in [0.1, 0.15) is 0 Å². The van der Waals surface area contributed by atoms with Crippen molar-refractivity contribution in [1.82, 2.24) is 0 Å². The van der Waals surface area contributed by atoms with Gasteiger partial charge in [0.05, 0.1) is 32.1 Å². The van der Waals surface area contributed by atoms with Gasteiger partial charge < -0.3 is 9.80 Å². The highest BCUT2D eigenvalue weighted by molar-refractivity contribution is 7.26. The first kappa shape index (κ1) is 35.2. The molecule has 12 rings (SSSR count). The third kappa shape index (κ3) is 5.24. The van der Waals surface area contributed by atoms with Gasteiger partial charge in [-0.15, -0.1) is 22.7 Å². The molecule has 0 saturated carbocycles. The van der Waals surface area contributed by atoms with Gasteiger partial charge in [-0.05, 0) is 109 Å². The number of fused-ring (bicyclic) bond motifs is 6. The van der Waals surface area contributed by atoms with Crippen LogP contribution in [0.1, 0.15) is 22.3 Å². The number of nitrogens with zero attached hydrogens (tertiary/aromatic N) is 2. The lowest BCUT2D eigenvalue weighted by atomic mass is 9.91. The van der Waals surface area contributed by atoms with Crippen LogP contribution in [0.3, 0.4) is 0 Å². The Morgan fingerprint density at radius 3 is 1.15 bits per heavy atom. The standard InChI is InChI=1S/C56H40N2S2/c1-33-13-23-39(24-14-33)57(53-35(3)17-27-43-41-9-5-7-11-49(41)59-55(43)53)47-31-21-37-20-30-46-48(32-22-38-19-29-45(47)51(37)52(38)46)58(40-25-15-34(2)16-26-40)54-36(4)18-28-44-42-10-6-8-12-50(42)60-56(44)54/h5-32H,1-4H3. The van der Waals surface area contributed by atoms with Crippen molar-refractivity contribution in [1.29, 1.82) is 0 Å². The van der Waals surface area contributed by atoms with Crippen LogP contribution in [0, 0.1) is 27.7 Å². The fourth-order valence-corrected chi connectivity index (χ4v) is 12.2. The zero-order valence-corrected chi connectivity index (χ0v) is 35.5. The molecule has 10 aromatic carbocycles. The minimum absolute atomic E-state index is 1.15. The summed E-state index contributed by atoms with van der Waals surface area (Å²) in [7, 11) is 0. The SMILES string of the molecule is Cc1ccc(N(c2ccc3ccc4c(N(c5ccc(C)cc5)c5c(C)ccc6c5sc5ccccc56)ccc5ccc2c3c54)c2c(C)ccc3c2sc2ccccc23)cc1. The Bertz CT molecular complexity index is 3410. The molecule has 0 aliphatic rings. The summed E-state index contributed by atoms with van der Waals surface area (Å²) in [5, 5.41) is 12.8. The number of hydrogen-bond acceptors (Lipinski definition) is 4. The Hall–Kier alpha value is -6.72. The molecule has 60 heavy (non-hydrogen) atoms. The highest BCUT2D eigenvalue weighted by atomic mass is 32.1. The Kier molecular flexibility index (Phi) is 7.87. The van der Waals surface area contributed by atoms with Crippen molar-refractivity contribution in [2.45, 2.75) is 27.7 Å². The van der Waals surface area contributed by atoms with E-state index in [1.807, 2.05) is 22.7 Å². The Morgan fingerprint density at radius 2 is 0.717 bits per heavy atom. The van der Waals surface area contributed by atoms with Gasteiger partial charge in [-0.3, -0.25) is 0 Å². The van der Waals surface area contributed by atoms with Crippen LogP contribution in [0.2, 0.25) is 0 Å². The molecule has 2 aromatic heterocycles. The van der Waals surface area contributed by atoms with Gasteiger partial charge in [-0.2, -0.15) is 0 Å². The number of rotatable bonds is 6. The zero-order valence-electron chi connectivity index (χ0n) is 33.9. The molecule has 2 nitrogen and oxygen atoms in total. The van der Waals surface area contributed by atoms with E-state index in [9.17, 15) is 0 Å². The predicted molar refractivity (Wildman–Crippen MR) is 264 cm³/mol. The van der Waals surface area contributed by atoms with E-state index >= 15 is 0 Å². The Morgan fingerprint density at radius 1 is 0.333 bits per heavy atom. The molecule has 0 unspecified atom stereocenters. The van der Waals surface area contributed by atoms with Gasteiger partial charge in [0.2, 0.25) is 0 Å². The summed E-state index contributed by atoms with van der Waals surface area (Å²) < 4.78 is 5.24. The van der Waals surface area contributed by atoms with E-state index < -0.39 is 0 Å². The lowest BCUT2D eigenvalue weighted by Gasteiger charge is -2.31. The molecule has 0 saturated heterocycles. The second kappa shape index (κ2) is 13.4. The molecule has 0 aliphatic carbocycles. The highest BCUT2D eigenvalue weighted by Gasteiger charge is 2.26. The molecule has 0 bridgehead atoms. The van der Waals surface area contributed by atoms with E-state index in [1.165, 1.54) is 118 Å². The van der Waals surface area contributed by atoms with Gasteiger partial charge in [0, 0.05) is 53.1 Å². The number of anilines is 6. The van der Waals surface area contributed by atoms with Crippen molar-refractivity contribution in [2.75, 3.05) is 9.80 Å². The molecule has 0 radical (unpaired) electrons. The van der Waals surface area contributed by atoms with E-state index in [-0.39, 0.29) is 0 Å². The molecule has 2 heterocycles. The first-order valence-electron chi connectivity index (χ1n) is 20.7. The number of thiophene rings is 2. The summed E-state index contributed by atoms with van der Waals surface area (Å²) >= 11 is 3.79. The molecule has 0 atom stereocenters. The van der Waals surface area contributed by atoms with Crippen molar-refractivity contribution in [3.8, 4) is 0 Å². The van der Waals surface area contributed by atoms with Gasteiger partial charge in [0.15, 0.2) is 0 Å². The van der Waals surface area contributed by atoms with Gasteiger partial charge in [-0.25, -0.2) is 0 Å². The second-order valence-corrected chi connectivity index (χ2v) is 18.5. The quantitative estimate of drug-likeness (QED) is 0.155. The van der Waals surface area contributed by atoms with E-state index in [0.29, 0.717) is 0 Å². The second-order valence-electron chi connectivity index (χ2n) is 16.3. The van der Waals surface area contributed by atoms with E-state index in [2.05, 4.69) is 207 Å². The molecule has 4 heteroatoms. The molecule has 12 aromatic rings. The monoisotopic (exact) mass is 804 g/mol. The number of aryl methyl sites for hydroxylation is 4. The van der Waals surface area contributed by atoms with Crippen LogP contribution in [0.15, 0.2) is 170 Å². The lowest BCUT2D eigenvalue weighted by molar-refractivity contribution is 1.27. The predicted octanol–water partition coefficient (Wildman–Crippen LogP) is 17.5. The molecule has 0 aliphatic heterocycles. The minimum Gasteiger partial charge on any atom is -0.308 e. The zero-order chi connectivity index (χ0) is 40.2. The van der Waals surface area contributed by atoms with Crippen molar-refractivity contribution in [3.63, 3.8) is 0 Å². The summed E-state index contributed by atoms with van der Waals surface area (Å²) in [4.78, 5) is 5.06. The van der Waals surface area contributed by atoms with Gasteiger partial charge in [0.25, 0.3) is 0 Å². The van der Waals surface area contributed by atoms with Crippen LogP contribution < -0.4 is 9.80 Å².